The molecule has 2 aromatic rings. The van der Waals surface area contributed by atoms with Crippen molar-refractivity contribution in [3.05, 3.63) is 47.3 Å². The molecule has 1 aromatic carbocycles. The molecule has 1 aliphatic heterocycles. The van der Waals surface area contributed by atoms with Gasteiger partial charge in [-0.15, -0.1) is 0 Å². The van der Waals surface area contributed by atoms with Gasteiger partial charge in [0.15, 0.2) is 8.32 Å². The lowest BCUT2D eigenvalue weighted by atomic mass is 9.92. The van der Waals surface area contributed by atoms with Gasteiger partial charge < -0.3 is 15.1 Å². The number of carbonyl (C=O) groups is 2. The fourth-order valence-corrected chi connectivity index (χ4v) is 7.64. The monoisotopic (exact) mass is 589 g/mol. The number of benzene rings is 1. The summed E-state index contributed by atoms with van der Waals surface area (Å²) in [5.41, 5.74) is 3.00. The maximum Gasteiger partial charge on any atom is 0.243 e. The van der Waals surface area contributed by atoms with Crippen LogP contribution in [0.5, 0.6) is 0 Å². The summed E-state index contributed by atoms with van der Waals surface area (Å²) < 4.78 is 36.3. The van der Waals surface area contributed by atoms with Crippen LogP contribution in [0.25, 0.3) is 0 Å². The first kappa shape index (κ1) is 30.4. The Balaban J connectivity index is 1.43. The number of hydrogen-bond donors (Lipinski definition) is 2. The van der Waals surface area contributed by atoms with E-state index >= 15 is 0 Å². The second-order valence-electron chi connectivity index (χ2n) is 12.3. The third-order valence-corrected chi connectivity index (χ3v) is 14.9. The minimum Gasteiger partial charge on any atom is -0.415 e. The molecule has 0 bridgehead atoms. The molecule has 40 heavy (non-hydrogen) atoms. The van der Waals surface area contributed by atoms with Crippen LogP contribution in [0.4, 0.5) is 0 Å². The second kappa shape index (κ2) is 11.7. The van der Waals surface area contributed by atoms with E-state index in [1.165, 1.54) is 12.1 Å². The van der Waals surface area contributed by atoms with Gasteiger partial charge in [-0.25, -0.2) is 8.42 Å². The molecule has 1 saturated heterocycles. The molecule has 10 nitrogen and oxygen atoms in total. The number of fused-ring (bicyclic) bond motifs is 1. The van der Waals surface area contributed by atoms with Crippen LogP contribution in [-0.2, 0) is 37.0 Å². The second-order valence-corrected chi connectivity index (χ2v) is 19.0. The molecule has 0 radical (unpaired) electrons. The van der Waals surface area contributed by atoms with E-state index in [-0.39, 0.29) is 41.4 Å². The van der Waals surface area contributed by atoms with Crippen LogP contribution in [0.1, 0.15) is 62.9 Å². The Morgan fingerprint density at radius 2 is 1.93 bits per heavy atom. The molecule has 2 unspecified atom stereocenters. The van der Waals surface area contributed by atoms with Crippen LogP contribution in [0.15, 0.2) is 35.4 Å². The summed E-state index contributed by atoms with van der Waals surface area (Å²) in [6.45, 7) is 14.5. The van der Waals surface area contributed by atoms with Gasteiger partial charge in [-0.05, 0) is 56.5 Å². The number of piperazine rings is 1. The molecule has 0 spiro atoms. The molecule has 1 aliphatic carbocycles. The van der Waals surface area contributed by atoms with E-state index in [1.807, 2.05) is 17.8 Å². The predicted molar refractivity (Wildman–Crippen MR) is 156 cm³/mol. The molecular formula is C28H43N5O5SSi. The maximum absolute atomic E-state index is 13.4. The third-order valence-electron chi connectivity index (χ3n) is 8.46. The van der Waals surface area contributed by atoms with Crippen molar-refractivity contribution in [3.8, 4) is 0 Å². The lowest BCUT2D eigenvalue weighted by molar-refractivity contribution is -0.132. The third kappa shape index (κ3) is 6.50. The first-order valence-corrected chi connectivity index (χ1v) is 18.4. The Hall–Kier alpha value is -2.54. The lowest BCUT2D eigenvalue weighted by Crippen LogP contribution is -2.58. The van der Waals surface area contributed by atoms with Crippen LogP contribution in [0.2, 0.25) is 18.1 Å². The molecule has 220 valence electrons. The molecule has 2 atom stereocenters. The normalized spacial score (nSPS) is 20.6. The fraction of sp³-hybridized carbons (Fsp3) is 0.607. The van der Waals surface area contributed by atoms with Gasteiger partial charge in [0.2, 0.25) is 21.8 Å². The quantitative estimate of drug-likeness (QED) is 0.433. The zero-order valence-electron chi connectivity index (χ0n) is 24.5. The van der Waals surface area contributed by atoms with Gasteiger partial charge in [-0.3, -0.25) is 14.3 Å². The summed E-state index contributed by atoms with van der Waals surface area (Å²) in [7, 11) is -5.80. The number of rotatable bonds is 9. The van der Waals surface area contributed by atoms with Crippen LogP contribution < -0.4 is 10.6 Å². The topological polar surface area (TPSA) is 123 Å². The molecule has 2 N–H and O–H groups in total. The summed E-state index contributed by atoms with van der Waals surface area (Å²) >= 11 is 0. The summed E-state index contributed by atoms with van der Waals surface area (Å²) in [6, 6.07) is 5.16. The molecule has 2 amide bonds. The van der Waals surface area contributed by atoms with Gasteiger partial charge >= 0.3 is 0 Å². The minimum atomic E-state index is -3.94. The molecule has 1 aromatic heterocycles. The Labute approximate surface area is 239 Å². The summed E-state index contributed by atoms with van der Waals surface area (Å²) in [5, 5.41) is 10.5. The molecule has 1 fully saturated rings. The minimum absolute atomic E-state index is 0.108. The van der Waals surface area contributed by atoms with Crippen molar-refractivity contribution >= 4 is 30.2 Å². The fourth-order valence-electron chi connectivity index (χ4n) is 5.02. The van der Waals surface area contributed by atoms with Gasteiger partial charge in [0.1, 0.15) is 6.04 Å². The highest BCUT2D eigenvalue weighted by Gasteiger charge is 2.40. The van der Waals surface area contributed by atoms with Crippen molar-refractivity contribution in [2.75, 3.05) is 19.7 Å². The Kier molecular flexibility index (Phi) is 8.93. The molecule has 2 heterocycles. The van der Waals surface area contributed by atoms with E-state index in [4.69, 9.17) is 4.43 Å². The standard InChI is InChI=1S/C28H43N5O5SSi/c1-20-10-12-21(13-11-20)39(36,37)33-15-14-29-27(35)25(33)18-26(34)31-23-8-7-9-24-22(23)19-30-32(24)16-17-38-40(5,6)28(2,3)4/h10-13,19,23,25H,7-9,14-18H2,1-6H3,(H,29,35)(H,31,34). The first-order valence-electron chi connectivity index (χ1n) is 14.0. The Morgan fingerprint density at radius 1 is 1.23 bits per heavy atom. The summed E-state index contributed by atoms with van der Waals surface area (Å²) in [4.78, 5) is 26.1. The summed E-state index contributed by atoms with van der Waals surface area (Å²) in [5.74, 6) is -0.825. The number of amides is 2. The zero-order chi connectivity index (χ0) is 29.3. The highest BCUT2D eigenvalue weighted by Crippen LogP contribution is 2.36. The van der Waals surface area contributed by atoms with Crippen LogP contribution >= 0.6 is 0 Å². The molecular weight excluding hydrogens is 546 g/mol. The average molecular weight is 590 g/mol. The molecule has 0 saturated carbocycles. The number of aryl methyl sites for hydroxylation is 1. The van der Waals surface area contributed by atoms with Crippen molar-refractivity contribution in [1.82, 2.24) is 24.7 Å². The molecule has 4 rings (SSSR count). The number of nitrogens with zero attached hydrogens (tertiary/aromatic N) is 3. The number of nitrogens with one attached hydrogen (secondary N) is 2. The smallest absolute Gasteiger partial charge is 0.243 e. The summed E-state index contributed by atoms with van der Waals surface area (Å²) in [6.07, 6.45) is 4.08. The number of carbonyl (C=O) groups excluding carboxylic acids is 2. The van der Waals surface area contributed by atoms with Crippen molar-refractivity contribution in [2.45, 2.75) is 95.0 Å². The zero-order valence-corrected chi connectivity index (χ0v) is 26.3. The Bertz CT molecular complexity index is 1330. The van der Waals surface area contributed by atoms with Gasteiger partial charge in [-0.1, -0.05) is 38.5 Å². The predicted octanol–water partition coefficient (Wildman–Crippen LogP) is 3.29. The average Bonchev–Trinajstić information content (AvgIpc) is 3.28. The van der Waals surface area contributed by atoms with Crippen molar-refractivity contribution in [2.24, 2.45) is 0 Å². The van der Waals surface area contributed by atoms with E-state index in [9.17, 15) is 18.0 Å². The highest BCUT2D eigenvalue weighted by molar-refractivity contribution is 7.89. The van der Waals surface area contributed by atoms with Crippen LogP contribution in [0.3, 0.4) is 0 Å². The van der Waals surface area contributed by atoms with Crippen molar-refractivity contribution in [1.29, 1.82) is 0 Å². The van der Waals surface area contributed by atoms with E-state index in [1.54, 1.807) is 12.1 Å². The van der Waals surface area contributed by atoms with E-state index in [0.29, 0.717) is 13.2 Å². The van der Waals surface area contributed by atoms with E-state index in [2.05, 4.69) is 49.6 Å². The van der Waals surface area contributed by atoms with Gasteiger partial charge in [-0.2, -0.15) is 9.40 Å². The molecule has 12 heteroatoms. The first-order chi connectivity index (χ1) is 18.7. The maximum atomic E-state index is 13.4. The van der Waals surface area contributed by atoms with Crippen LogP contribution in [-0.4, -0.2) is 68.4 Å². The highest BCUT2D eigenvalue weighted by atomic mass is 32.2. The number of hydrogen-bond acceptors (Lipinski definition) is 6. The molecule has 2 aliphatic rings. The van der Waals surface area contributed by atoms with Gasteiger partial charge in [0.25, 0.3) is 0 Å². The van der Waals surface area contributed by atoms with E-state index < -0.39 is 30.3 Å². The number of sulfonamides is 1. The van der Waals surface area contributed by atoms with Gasteiger partial charge in [0, 0.05) is 24.3 Å². The van der Waals surface area contributed by atoms with Gasteiger partial charge in [0.05, 0.1) is 36.7 Å². The van der Waals surface area contributed by atoms with Crippen molar-refractivity contribution < 1.29 is 22.4 Å². The Morgan fingerprint density at radius 3 is 2.60 bits per heavy atom. The number of aromatic nitrogens is 2. The van der Waals surface area contributed by atoms with Crippen LogP contribution in [0, 0.1) is 6.92 Å². The van der Waals surface area contributed by atoms with Crippen molar-refractivity contribution in [3.63, 3.8) is 0 Å². The largest absolute Gasteiger partial charge is 0.415 e. The lowest BCUT2D eigenvalue weighted by Gasteiger charge is -2.36. The van der Waals surface area contributed by atoms with E-state index in [0.717, 1.165) is 40.4 Å². The SMILES string of the molecule is Cc1ccc(S(=O)(=O)N2CCNC(=O)C2CC(=O)NC2CCCc3c2cnn3CCO[Si](C)(C)C(C)(C)C)cc1.